The molecule has 4 nitrogen and oxygen atoms in total. The molecule has 0 bridgehead atoms. The van der Waals surface area contributed by atoms with E-state index in [1.54, 1.807) is 13.1 Å². The molecule has 1 aliphatic rings. The zero-order valence-electron chi connectivity index (χ0n) is 7.58. The van der Waals surface area contributed by atoms with Crippen molar-refractivity contribution >= 4 is 5.91 Å². The minimum atomic E-state index is -0.800. The third-order valence-corrected chi connectivity index (χ3v) is 2.05. The number of primary amides is 1. The number of nitrogens with zero attached hydrogens (tertiary/aromatic N) is 1. The van der Waals surface area contributed by atoms with Crippen molar-refractivity contribution in [3.05, 3.63) is 23.7 Å². The summed E-state index contributed by atoms with van der Waals surface area (Å²) in [4.78, 5) is 15.9. The maximum atomic E-state index is 13.2. The topological polar surface area (TPSA) is 52.3 Å². The van der Waals surface area contributed by atoms with Gasteiger partial charge in [0.1, 0.15) is 13.6 Å². The zero-order chi connectivity index (χ0) is 10.1. The van der Waals surface area contributed by atoms with E-state index < -0.39 is 11.7 Å². The van der Waals surface area contributed by atoms with Gasteiger partial charge in [-0.3, -0.25) is 4.79 Å². The van der Waals surface area contributed by atoms with Crippen molar-refractivity contribution in [2.45, 2.75) is 0 Å². The summed E-state index contributed by atoms with van der Waals surface area (Å²) >= 11 is 0. The van der Waals surface area contributed by atoms with Gasteiger partial charge >= 0.3 is 5.91 Å². The molecular formula is C8H12FN2O2+. The molecule has 0 fully saturated rings. The fourth-order valence-electron chi connectivity index (χ4n) is 1.27. The lowest BCUT2D eigenvalue weighted by Gasteiger charge is -2.30. The maximum absolute atomic E-state index is 13.2. The first-order chi connectivity index (χ1) is 6.01. The summed E-state index contributed by atoms with van der Waals surface area (Å²) in [6, 6.07) is 0. The van der Waals surface area contributed by atoms with E-state index in [4.69, 9.17) is 10.6 Å². The second-order valence-electron chi connectivity index (χ2n) is 2.93. The number of nitrogens with two attached hydrogens (primary N) is 1. The van der Waals surface area contributed by atoms with Gasteiger partial charge in [0.05, 0.1) is 7.11 Å². The van der Waals surface area contributed by atoms with Gasteiger partial charge in [-0.2, -0.15) is 0 Å². The van der Waals surface area contributed by atoms with E-state index in [0.717, 1.165) is 0 Å². The number of hydrogen-bond donors (Lipinski definition) is 1. The van der Waals surface area contributed by atoms with E-state index in [9.17, 15) is 9.18 Å². The fourth-order valence-corrected chi connectivity index (χ4v) is 1.27. The van der Waals surface area contributed by atoms with Crippen LogP contribution < -0.4 is 5.73 Å². The average molecular weight is 187 g/mol. The van der Waals surface area contributed by atoms with Gasteiger partial charge in [-0.05, 0) is 12.2 Å². The van der Waals surface area contributed by atoms with Crippen molar-refractivity contribution in [2.24, 2.45) is 5.73 Å². The highest BCUT2D eigenvalue weighted by Crippen LogP contribution is 2.24. The summed E-state index contributed by atoms with van der Waals surface area (Å²) in [6.07, 6.45) is 2.81. The Hall–Kier alpha value is -1.20. The molecule has 1 amide bonds. The van der Waals surface area contributed by atoms with Crippen LogP contribution in [0.3, 0.4) is 0 Å². The minimum absolute atomic E-state index is 0.148. The van der Waals surface area contributed by atoms with Crippen molar-refractivity contribution < 1.29 is 18.7 Å². The van der Waals surface area contributed by atoms with Crippen LogP contribution in [0.25, 0.3) is 0 Å². The third-order valence-electron chi connectivity index (χ3n) is 2.05. The van der Waals surface area contributed by atoms with Crippen molar-refractivity contribution in [2.75, 3.05) is 20.7 Å². The van der Waals surface area contributed by atoms with Crippen LogP contribution in [-0.4, -0.2) is 31.3 Å². The monoisotopic (exact) mass is 187 g/mol. The Labute approximate surface area is 75.6 Å². The molecule has 1 aliphatic heterocycles. The first-order valence-electron chi connectivity index (χ1n) is 3.79. The van der Waals surface area contributed by atoms with Crippen LogP contribution >= 0.6 is 0 Å². The van der Waals surface area contributed by atoms with E-state index in [1.165, 1.54) is 13.2 Å². The lowest BCUT2D eigenvalue weighted by Crippen LogP contribution is -2.48. The molecule has 1 heterocycles. The molecule has 1 rings (SSSR count). The lowest BCUT2D eigenvalue weighted by molar-refractivity contribution is -1.05. The van der Waals surface area contributed by atoms with Gasteiger partial charge in [0.15, 0.2) is 5.83 Å². The largest absolute Gasteiger partial charge is 0.361 e. The molecule has 2 N–H and O–H groups in total. The van der Waals surface area contributed by atoms with E-state index >= 15 is 0 Å². The summed E-state index contributed by atoms with van der Waals surface area (Å²) in [5.41, 5.74) is 4.89. The highest BCUT2D eigenvalue weighted by molar-refractivity contribution is 5.90. The molecule has 0 saturated heterocycles. The molecule has 0 aliphatic carbocycles. The van der Waals surface area contributed by atoms with Crippen LogP contribution in [-0.2, 0) is 9.63 Å². The maximum Gasteiger partial charge on any atom is 0.309 e. The van der Waals surface area contributed by atoms with Gasteiger partial charge < -0.3 is 5.73 Å². The molecule has 0 aromatic carbocycles. The smallest absolute Gasteiger partial charge is 0.309 e. The number of amides is 1. The predicted molar refractivity (Wildman–Crippen MR) is 44.5 cm³/mol. The summed E-state index contributed by atoms with van der Waals surface area (Å²) in [7, 11) is 2.97. The average Bonchev–Trinajstić information content (AvgIpc) is 2.03. The number of likely N-dealkylation sites (N-methyl/N-ethyl adjacent to an activating group) is 1. The normalized spacial score (nSPS) is 27.9. The van der Waals surface area contributed by atoms with Crippen molar-refractivity contribution in [1.29, 1.82) is 0 Å². The number of hydroxylamine groups is 3. The molecule has 0 aromatic heterocycles. The minimum Gasteiger partial charge on any atom is -0.361 e. The fraction of sp³-hybridized carbons (Fsp3) is 0.375. The highest BCUT2D eigenvalue weighted by atomic mass is 19.1. The first-order valence-corrected chi connectivity index (χ1v) is 3.79. The van der Waals surface area contributed by atoms with Crippen molar-refractivity contribution in [3.8, 4) is 0 Å². The predicted octanol–water partition coefficient (Wildman–Crippen LogP) is 0.231. The molecule has 0 spiro atoms. The van der Waals surface area contributed by atoms with Gasteiger partial charge in [-0.15, -0.1) is 4.65 Å². The number of allylic oxidation sites excluding steroid dienone is 2. The number of carbonyl (C=O) groups excluding carboxylic acids is 1. The number of hydrogen-bond acceptors (Lipinski definition) is 2. The van der Waals surface area contributed by atoms with Crippen LogP contribution in [0.5, 0.6) is 0 Å². The SMILES string of the molecule is CO[N+]1(C)CC=CC(F)=C1C(N)=O. The van der Waals surface area contributed by atoms with Gasteiger partial charge in [0, 0.05) is 0 Å². The second-order valence-corrected chi connectivity index (χ2v) is 2.93. The third kappa shape index (κ3) is 1.61. The first kappa shape index (κ1) is 9.88. The molecule has 13 heavy (non-hydrogen) atoms. The van der Waals surface area contributed by atoms with Gasteiger partial charge in [0.25, 0.3) is 5.70 Å². The quantitative estimate of drug-likeness (QED) is 0.629. The Balaban J connectivity index is 3.17. The number of quaternary nitrogens is 1. The van der Waals surface area contributed by atoms with Crippen molar-refractivity contribution in [3.63, 3.8) is 0 Å². The van der Waals surface area contributed by atoms with E-state index in [0.29, 0.717) is 6.54 Å². The van der Waals surface area contributed by atoms with Gasteiger partial charge in [-0.25, -0.2) is 9.23 Å². The van der Waals surface area contributed by atoms with Gasteiger partial charge in [-0.1, -0.05) is 0 Å². The summed E-state index contributed by atoms with van der Waals surface area (Å²) in [5, 5.41) is 0. The summed E-state index contributed by atoms with van der Waals surface area (Å²) < 4.78 is 12.9. The van der Waals surface area contributed by atoms with Crippen LogP contribution in [0.15, 0.2) is 23.7 Å². The second kappa shape index (κ2) is 3.27. The Bertz CT molecular complexity index is 299. The van der Waals surface area contributed by atoms with Crippen LogP contribution in [0, 0.1) is 0 Å². The van der Waals surface area contributed by atoms with Crippen LogP contribution in [0.4, 0.5) is 4.39 Å². The van der Waals surface area contributed by atoms with Crippen molar-refractivity contribution in [1.82, 2.24) is 0 Å². The summed E-state index contributed by atoms with van der Waals surface area (Å²) in [6.45, 7) is 0.391. The lowest BCUT2D eigenvalue weighted by atomic mass is 10.2. The number of carbonyl (C=O) groups is 1. The summed E-state index contributed by atoms with van der Waals surface area (Å²) in [5.74, 6) is -1.44. The standard InChI is InChI=1S/C8H11FN2O2/c1-11(13-2)5-3-4-6(9)7(11)8(10)12/h3-4H,5H2,1-2H3,(H-,10,12)/p+1. The molecule has 1 atom stereocenters. The highest BCUT2D eigenvalue weighted by Gasteiger charge is 2.37. The molecule has 0 radical (unpaired) electrons. The number of rotatable bonds is 2. The Morgan fingerprint density at radius 3 is 2.77 bits per heavy atom. The number of halogens is 1. The Morgan fingerprint density at radius 1 is 1.77 bits per heavy atom. The molecule has 5 heteroatoms. The molecule has 0 aromatic rings. The zero-order valence-corrected chi connectivity index (χ0v) is 7.58. The molecule has 0 saturated carbocycles. The Kier molecular flexibility index (Phi) is 2.49. The van der Waals surface area contributed by atoms with Crippen LogP contribution in [0.1, 0.15) is 0 Å². The van der Waals surface area contributed by atoms with E-state index in [-0.39, 0.29) is 10.3 Å². The van der Waals surface area contributed by atoms with Crippen LogP contribution in [0.2, 0.25) is 0 Å². The van der Waals surface area contributed by atoms with E-state index in [2.05, 4.69) is 0 Å². The van der Waals surface area contributed by atoms with E-state index in [1.807, 2.05) is 0 Å². The molecule has 72 valence electrons. The van der Waals surface area contributed by atoms with Gasteiger partial charge in [0.2, 0.25) is 0 Å². The molecule has 1 unspecified atom stereocenters. The Morgan fingerprint density at radius 2 is 2.38 bits per heavy atom. The molecular weight excluding hydrogens is 175 g/mol.